The number of fused-ring (bicyclic) bond motifs is 1. The summed E-state index contributed by atoms with van der Waals surface area (Å²) in [5, 5.41) is 0. The zero-order chi connectivity index (χ0) is 14.4. The van der Waals surface area contributed by atoms with Gasteiger partial charge in [-0.25, -0.2) is 8.42 Å². The molecule has 0 bridgehead atoms. The van der Waals surface area contributed by atoms with Gasteiger partial charge >= 0.3 is 0 Å². The van der Waals surface area contributed by atoms with Crippen molar-refractivity contribution in [2.24, 2.45) is 0 Å². The fourth-order valence-electron chi connectivity index (χ4n) is 2.70. The van der Waals surface area contributed by atoms with Crippen molar-refractivity contribution in [3.8, 4) is 0 Å². The Morgan fingerprint density at radius 2 is 2.00 bits per heavy atom. The zero-order valence-electron chi connectivity index (χ0n) is 12.4. The lowest BCUT2D eigenvalue weighted by atomic mass is 9.81. The van der Waals surface area contributed by atoms with E-state index in [9.17, 15) is 8.42 Å². The molecule has 1 aromatic rings. The molecule has 2 rings (SSSR count). The molecule has 1 aliphatic rings. The van der Waals surface area contributed by atoms with Crippen LogP contribution in [0, 0.1) is 0 Å². The quantitative estimate of drug-likeness (QED) is 0.570. The number of hydrogen-bond acceptors (Lipinski definition) is 3. The second kappa shape index (κ2) is 5.67. The summed E-state index contributed by atoms with van der Waals surface area (Å²) < 4.78 is 24.2. The van der Waals surface area contributed by atoms with Crippen LogP contribution < -0.4 is 4.90 Å². The summed E-state index contributed by atoms with van der Waals surface area (Å²) in [5.41, 5.74) is 2.17. The van der Waals surface area contributed by atoms with Crippen LogP contribution in [-0.4, -0.2) is 27.3 Å². The first-order chi connectivity index (χ1) is 8.71. The van der Waals surface area contributed by atoms with Gasteiger partial charge in [-0.05, 0) is 30.7 Å². The minimum Gasteiger partial charge on any atom is -0.371 e. The van der Waals surface area contributed by atoms with Gasteiger partial charge in [-0.1, -0.05) is 19.9 Å². The molecule has 1 heterocycles. The van der Waals surface area contributed by atoms with E-state index in [1.54, 1.807) is 6.07 Å². The zero-order valence-corrected chi connectivity index (χ0v) is 15.5. The summed E-state index contributed by atoms with van der Waals surface area (Å²) in [7, 11) is -1.20. The smallest absolute Gasteiger partial charge is 0.181 e. The first-order valence-corrected chi connectivity index (χ1v) is 8.08. The first-order valence-electron chi connectivity index (χ1n) is 6.43. The Morgan fingerprint density at radius 1 is 1.40 bits per heavy atom. The van der Waals surface area contributed by atoms with Crippen LogP contribution in [0.15, 0.2) is 35.7 Å². The van der Waals surface area contributed by atoms with Crippen molar-refractivity contribution in [3.05, 3.63) is 36.4 Å². The molecule has 0 aliphatic carbocycles. The van der Waals surface area contributed by atoms with Crippen LogP contribution in [0.5, 0.6) is 0 Å². The molecule has 1 atom stereocenters. The number of benzene rings is 1. The van der Waals surface area contributed by atoms with E-state index in [1.165, 1.54) is 6.08 Å². The van der Waals surface area contributed by atoms with Gasteiger partial charge in [0.1, 0.15) is 0 Å². The molecule has 3 nitrogen and oxygen atoms in total. The lowest BCUT2D eigenvalue weighted by Crippen LogP contribution is -2.36. The van der Waals surface area contributed by atoms with Gasteiger partial charge in [0.25, 0.3) is 0 Å². The Balaban J connectivity index is 0.00000200. The minimum atomic E-state index is -3.25. The van der Waals surface area contributed by atoms with E-state index in [4.69, 9.17) is 0 Å². The highest BCUT2D eigenvalue weighted by Crippen LogP contribution is 2.44. The SMILES string of the molecule is C=CCS(=O)(=O)c1ccc2c(c1)C(C)(C)C(C)N2C.I. The topological polar surface area (TPSA) is 37.4 Å². The molecular formula is C15H22INO2S. The maximum atomic E-state index is 12.1. The normalized spacial score (nSPS) is 20.2. The summed E-state index contributed by atoms with van der Waals surface area (Å²) in [5.74, 6) is -0.0163. The molecule has 1 unspecified atom stereocenters. The van der Waals surface area contributed by atoms with E-state index >= 15 is 0 Å². The highest BCUT2D eigenvalue weighted by molar-refractivity contribution is 14.0. The summed E-state index contributed by atoms with van der Waals surface area (Å²) >= 11 is 0. The number of nitrogens with zero attached hydrogens (tertiary/aromatic N) is 1. The highest BCUT2D eigenvalue weighted by atomic mass is 127. The Morgan fingerprint density at radius 3 is 2.55 bits per heavy atom. The third-order valence-electron chi connectivity index (χ3n) is 4.36. The Hall–Kier alpha value is -0.560. The van der Waals surface area contributed by atoms with Crippen molar-refractivity contribution >= 4 is 39.5 Å². The van der Waals surface area contributed by atoms with E-state index in [0.717, 1.165) is 11.3 Å². The number of likely N-dealkylation sites (N-methyl/N-ethyl adjacent to an activating group) is 1. The van der Waals surface area contributed by atoms with E-state index in [0.29, 0.717) is 10.9 Å². The molecule has 0 fully saturated rings. The number of anilines is 1. The van der Waals surface area contributed by atoms with Gasteiger partial charge in [0.2, 0.25) is 0 Å². The van der Waals surface area contributed by atoms with Crippen LogP contribution >= 0.6 is 24.0 Å². The second-order valence-electron chi connectivity index (χ2n) is 5.76. The molecule has 1 aromatic carbocycles. The molecule has 0 N–H and O–H groups in total. The number of rotatable bonds is 3. The molecular weight excluding hydrogens is 385 g/mol. The minimum absolute atomic E-state index is 0. The van der Waals surface area contributed by atoms with Crippen LogP contribution in [0.25, 0.3) is 0 Å². The molecule has 5 heteroatoms. The fourth-order valence-corrected chi connectivity index (χ4v) is 3.78. The number of halogens is 1. The molecule has 112 valence electrons. The Bertz CT molecular complexity index is 623. The van der Waals surface area contributed by atoms with Gasteiger partial charge in [-0.3, -0.25) is 0 Å². The molecule has 0 radical (unpaired) electrons. The molecule has 0 saturated carbocycles. The van der Waals surface area contributed by atoms with Gasteiger partial charge in [0.05, 0.1) is 10.6 Å². The van der Waals surface area contributed by atoms with E-state index in [2.05, 4.69) is 39.3 Å². The molecule has 1 aliphatic heterocycles. The summed E-state index contributed by atoms with van der Waals surface area (Å²) in [6, 6.07) is 5.78. The van der Waals surface area contributed by atoms with Crippen LogP contribution in [0.4, 0.5) is 5.69 Å². The maximum Gasteiger partial charge on any atom is 0.181 e. The van der Waals surface area contributed by atoms with Crippen molar-refractivity contribution in [3.63, 3.8) is 0 Å². The largest absolute Gasteiger partial charge is 0.371 e. The van der Waals surface area contributed by atoms with Crippen LogP contribution in [0.1, 0.15) is 26.3 Å². The molecule has 0 saturated heterocycles. The first kappa shape index (κ1) is 17.5. The summed E-state index contributed by atoms with van der Waals surface area (Å²) in [6.45, 7) is 9.99. The average Bonchev–Trinajstić information content (AvgIpc) is 2.51. The third kappa shape index (κ3) is 2.62. The summed E-state index contributed by atoms with van der Waals surface area (Å²) in [4.78, 5) is 2.60. The maximum absolute atomic E-state index is 12.1. The molecule has 20 heavy (non-hydrogen) atoms. The van der Waals surface area contributed by atoms with Gasteiger partial charge < -0.3 is 4.90 Å². The van der Waals surface area contributed by atoms with E-state index in [-0.39, 0.29) is 35.1 Å². The van der Waals surface area contributed by atoms with Crippen molar-refractivity contribution in [2.45, 2.75) is 37.1 Å². The Labute approximate surface area is 139 Å². The van der Waals surface area contributed by atoms with Gasteiger partial charge in [-0.2, -0.15) is 0 Å². The van der Waals surface area contributed by atoms with Crippen LogP contribution in [0.2, 0.25) is 0 Å². The fraction of sp³-hybridized carbons (Fsp3) is 0.467. The Kier molecular flexibility index (Phi) is 4.96. The van der Waals surface area contributed by atoms with Crippen LogP contribution in [0.3, 0.4) is 0 Å². The van der Waals surface area contributed by atoms with Crippen molar-refractivity contribution in [2.75, 3.05) is 17.7 Å². The highest BCUT2D eigenvalue weighted by Gasteiger charge is 2.40. The molecule has 0 aromatic heterocycles. The predicted molar refractivity (Wildman–Crippen MR) is 95.0 cm³/mol. The second-order valence-corrected chi connectivity index (χ2v) is 7.79. The van der Waals surface area contributed by atoms with Crippen molar-refractivity contribution in [1.29, 1.82) is 0 Å². The van der Waals surface area contributed by atoms with Crippen LogP contribution in [-0.2, 0) is 15.3 Å². The lowest BCUT2D eigenvalue weighted by Gasteiger charge is -2.28. The molecule has 0 spiro atoms. The van der Waals surface area contributed by atoms with Crippen molar-refractivity contribution in [1.82, 2.24) is 0 Å². The summed E-state index contributed by atoms with van der Waals surface area (Å²) in [6.07, 6.45) is 1.43. The number of hydrogen-bond donors (Lipinski definition) is 0. The standard InChI is InChI=1S/C15H21NO2S.HI/c1-6-9-19(17,18)12-7-8-14-13(10-12)15(3,4)11(2)16(14)5;/h6-8,10-11H,1,9H2,2-5H3;1H. The van der Waals surface area contributed by atoms with Gasteiger partial charge in [0, 0.05) is 24.2 Å². The van der Waals surface area contributed by atoms with Crippen molar-refractivity contribution < 1.29 is 8.42 Å². The van der Waals surface area contributed by atoms with Gasteiger partial charge in [-0.15, -0.1) is 30.6 Å². The van der Waals surface area contributed by atoms with E-state index < -0.39 is 9.84 Å². The monoisotopic (exact) mass is 407 g/mol. The van der Waals surface area contributed by atoms with E-state index in [1.807, 2.05) is 12.1 Å². The number of sulfone groups is 1. The van der Waals surface area contributed by atoms with Gasteiger partial charge in [0.15, 0.2) is 9.84 Å². The third-order valence-corrected chi connectivity index (χ3v) is 6.01. The average molecular weight is 407 g/mol. The lowest BCUT2D eigenvalue weighted by molar-refractivity contribution is 0.453. The molecule has 0 amide bonds. The predicted octanol–water partition coefficient (Wildman–Crippen LogP) is 3.38.